The first-order valence-electron chi connectivity index (χ1n) is 6.95. The van der Waals surface area contributed by atoms with Crippen molar-refractivity contribution in [1.29, 1.82) is 0 Å². The summed E-state index contributed by atoms with van der Waals surface area (Å²) in [6.45, 7) is 9.18. The highest BCUT2D eigenvalue weighted by atomic mass is 16.2. The molecule has 2 unspecified atom stereocenters. The van der Waals surface area contributed by atoms with E-state index in [1.54, 1.807) is 0 Å². The lowest BCUT2D eigenvalue weighted by molar-refractivity contribution is 0.128. The molecule has 0 radical (unpaired) electrons. The molecule has 0 aromatic heterocycles. The second-order valence-electron chi connectivity index (χ2n) is 4.73. The first kappa shape index (κ1) is 14.3. The van der Waals surface area contributed by atoms with Crippen LogP contribution in [-0.4, -0.2) is 48.1 Å². The summed E-state index contributed by atoms with van der Waals surface area (Å²) in [6, 6.07) is 0.543. The Morgan fingerprint density at radius 1 is 1.18 bits per heavy atom. The van der Waals surface area contributed by atoms with Crippen LogP contribution in [0.1, 0.15) is 40.0 Å². The third-order valence-corrected chi connectivity index (χ3v) is 3.94. The second kappa shape index (κ2) is 6.84. The van der Waals surface area contributed by atoms with E-state index < -0.39 is 0 Å². The Balaban J connectivity index is 2.72. The molecule has 0 heterocycles. The Morgan fingerprint density at radius 2 is 1.82 bits per heavy atom. The van der Waals surface area contributed by atoms with Crippen molar-refractivity contribution in [2.24, 2.45) is 11.7 Å². The van der Waals surface area contributed by atoms with Crippen LogP contribution in [0.25, 0.3) is 0 Å². The number of carbonyl (C=O) groups is 1. The fourth-order valence-electron chi connectivity index (χ4n) is 2.89. The van der Waals surface area contributed by atoms with Crippen LogP contribution in [0, 0.1) is 5.92 Å². The molecule has 4 nitrogen and oxygen atoms in total. The molecule has 1 aliphatic rings. The largest absolute Gasteiger partial charge is 0.330 e. The highest BCUT2D eigenvalue weighted by Gasteiger charge is 2.34. The van der Waals surface area contributed by atoms with E-state index in [2.05, 4.69) is 6.92 Å². The molecule has 2 atom stereocenters. The Bertz CT molecular complexity index is 241. The zero-order chi connectivity index (χ0) is 12.8. The quantitative estimate of drug-likeness (QED) is 0.799. The van der Waals surface area contributed by atoms with Crippen LogP contribution in [0.2, 0.25) is 0 Å². The van der Waals surface area contributed by atoms with Crippen LogP contribution in [0.5, 0.6) is 0 Å². The highest BCUT2D eigenvalue weighted by Crippen LogP contribution is 2.29. The van der Waals surface area contributed by atoms with Gasteiger partial charge in [-0.25, -0.2) is 4.79 Å². The molecule has 2 amide bonds. The number of urea groups is 1. The van der Waals surface area contributed by atoms with E-state index in [1.165, 1.54) is 12.8 Å². The number of carbonyl (C=O) groups excluding carboxylic acids is 1. The number of hydrogen-bond acceptors (Lipinski definition) is 2. The van der Waals surface area contributed by atoms with Gasteiger partial charge in [0.2, 0.25) is 0 Å². The molecule has 17 heavy (non-hydrogen) atoms. The van der Waals surface area contributed by atoms with Gasteiger partial charge in [0.25, 0.3) is 0 Å². The van der Waals surface area contributed by atoms with Gasteiger partial charge in [-0.2, -0.15) is 0 Å². The molecular weight excluding hydrogens is 214 g/mol. The molecule has 0 aliphatic heterocycles. The summed E-state index contributed by atoms with van der Waals surface area (Å²) in [5.41, 5.74) is 5.81. The first-order chi connectivity index (χ1) is 8.19. The van der Waals surface area contributed by atoms with Crippen LogP contribution in [0.4, 0.5) is 4.79 Å². The van der Waals surface area contributed by atoms with Gasteiger partial charge in [-0.1, -0.05) is 6.42 Å². The molecule has 1 aliphatic carbocycles. The molecule has 1 fully saturated rings. The van der Waals surface area contributed by atoms with Gasteiger partial charge in [0, 0.05) is 25.7 Å². The molecule has 100 valence electrons. The first-order valence-corrected chi connectivity index (χ1v) is 6.95. The topological polar surface area (TPSA) is 49.6 Å². The van der Waals surface area contributed by atoms with Crippen molar-refractivity contribution in [3.63, 3.8) is 0 Å². The smallest absolute Gasteiger partial charge is 0.320 e. The summed E-state index contributed by atoms with van der Waals surface area (Å²) < 4.78 is 0. The van der Waals surface area contributed by atoms with E-state index in [0.717, 1.165) is 26.1 Å². The zero-order valence-corrected chi connectivity index (χ0v) is 11.5. The van der Waals surface area contributed by atoms with Crippen molar-refractivity contribution >= 4 is 6.03 Å². The molecule has 1 rings (SSSR count). The SMILES string of the molecule is CCN(CC)C(=O)N(CC)C1CCCC1CN. The van der Waals surface area contributed by atoms with Crippen molar-refractivity contribution in [3.8, 4) is 0 Å². The van der Waals surface area contributed by atoms with Gasteiger partial charge in [0.1, 0.15) is 0 Å². The van der Waals surface area contributed by atoms with Crippen LogP contribution in [-0.2, 0) is 0 Å². The van der Waals surface area contributed by atoms with Gasteiger partial charge < -0.3 is 15.5 Å². The van der Waals surface area contributed by atoms with Gasteiger partial charge in [-0.3, -0.25) is 0 Å². The summed E-state index contributed by atoms with van der Waals surface area (Å²) in [5, 5.41) is 0. The van der Waals surface area contributed by atoms with E-state index in [-0.39, 0.29) is 6.03 Å². The third-order valence-electron chi connectivity index (χ3n) is 3.94. The Labute approximate surface area is 105 Å². The summed E-state index contributed by atoms with van der Waals surface area (Å²) in [4.78, 5) is 16.3. The van der Waals surface area contributed by atoms with Crippen LogP contribution in [0.15, 0.2) is 0 Å². The van der Waals surface area contributed by atoms with Gasteiger partial charge in [0.15, 0.2) is 0 Å². The average Bonchev–Trinajstić information content (AvgIpc) is 2.80. The minimum atomic E-state index is 0.183. The predicted molar refractivity (Wildman–Crippen MR) is 70.9 cm³/mol. The lowest BCUT2D eigenvalue weighted by atomic mass is 10.0. The fraction of sp³-hybridized carbons (Fsp3) is 0.923. The lowest BCUT2D eigenvalue weighted by Crippen LogP contribution is -2.50. The van der Waals surface area contributed by atoms with Gasteiger partial charge >= 0.3 is 6.03 Å². The monoisotopic (exact) mass is 241 g/mol. The highest BCUT2D eigenvalue weighted by molar-refractivity contribution is 5.74. The summed E-state index contributed by atoms with van der Waals surface area (Å²) in [7, 11) is 0. The maximum Gasteiger partial charge on any atom is 0.320 e. The van der Waals surface area contributed by atoms with Gasteiger partial charge in [-0.05, 0) is 46.1 Å². The standard InChI is InChI=1S/C13H27N3O/c1-4-15(5-2)13(17)16(6-3)12-9-7-8-11(12)10-14/h11-12H,4-10,14H2,1-3H3. The fourth-order valence-corrected chi connectivity index (χ4v) is 2.89. The minimum Gasteiger partial charge on any atom is -0.330 e. The minimum absolute atomic E-state index is 0.183. The summed E-state index contributed by atoms with van der Waals surface area (Å²) in [6.07, 6.45) is 3.49. The average molecular weight is 241 g/mol. The third kappa shape index (κ3) is 3.12. The molecule has 0 bridgehead atoms. The maximum atomic E-state index is 12.4. The number of rotatable bonds is 5. The van der Waals surface area contributed by atoms with Crippen LogP contribution < -0.4 is 5.73 Å². The van der Waals surface area contributed by atoms with Crippen LogP contribution >= 0.6 is 0 Å². The van der Waals surface area contributed by atoms with E-state index in [4.69, 9.17) is 5.73 Å². The van der Waals surface area contributed by atoms with E-state index in [0.29, 0.717) is 18.5 Å². The van der Waals surface area contributed by atoms with Gasteiger partial charge in [-0.15, -0.1) is 0 Å². The molecule has 2 N–H and O–H groups in total. The Kier molecular flexibility index (Phi) is 5.75. The number of amides is 2. The summed E-state index contributed by atoms with van der Waals surface area (Å²) in [5.74, 6) is 0.495. The number of nitrogens with zero attached hydrogens (tertiary/aromatic N) is 2. The molecule has 0 aromatic carbocycles. The van der Waals surface area contributed by atoms with Crippen molar-refractivity contribution in [1.82, 2.24) is 9.80 Å². The Hall–Kier alpha value is -0.770. The molecule has 0 saturated heterocycles. The summed E-state index contributed by atoms with van der Waals surface area (Å²) >= 11 is 0. The maximum absolute atomic E-state index is 12.4. The van der Waals surface area contributed by atoms with Crippen molar-refractivity contribution in [2.75, 3.05) is 26.2 Å². The molecule has 4 heteroatoms. The molecule has 1 saturated carbocycles. The second-order valence-corrected chi connectivity index (χ2v) is 4.73. The number of nitrogens with two attached hydrogens (primary N) is 1. The van der Waals surface area contributed by atoms with Crippen molar-refractivity contribution < 1.29 is 4.79 Å². The number of hydrogen-bond donors (Lipinski definition) is 1. The molecule has 0 spiro atoms. The zero-order valence-electron chi connectivity index (χ0n) is 11.5. The van der Waals surface area contributed by atoms with Gasteiger partial charge in [0.05, 0.1) is 0 Å². The van der Waals surface area contributed by atoms with Crippen molar-refractivity contribution in [2.45, 2.75) is 46.1 Å². The van der Waals surface area contributed by atoms with E-state index >= 15 is 0 Å². The molecular formula is C13H27N3O. The Morgan fingerprint density at radius 3 is 2.29 bits per heavy atom. The van der Waals surface area contributed by atoms with Crippen LogP contribution in [0.3, 0.4) is 0 Å². The van der Waals surface area contributed by atoms with Crippen molar-refractivity contribution in [3.05, 3.63) is 0 Å². The lowest BCUT2D eigenvalue weighted by Gasteiger charge is -2.35. The van der Waals surface area contributed by atoms with E-state index in [1.807, 2.05) is 23.6 Å². The predicted octanol–water partition coefficient (Wildman–Crippen LogP) is 1.90. The molecule has 0 aromatic rings. The van der Waals surface area contributed by atoms with E-state index in [9.17, 15) is 4.79 Å². The normalized spacial score (nSPS) is 23.8.